The highest BCUT2D eigenvalue weighted by atomic mass is 19.1. The molecule has 0 aromatic heterocycles. The first kappa shape index (κ1) is 15.1. The van der Waals surface area contributed by atoms with Gasteiger partial charge in [0.1, 0.15) is 11.6 Å². The molecule has 0 amide bonds. The molecule has 0 aliphatic carbocycles. The minimum absolute atomic E-state index is 0.242. The fraction of sp³-hybridized carbons (Fsp3) is 0.571. The van der Waals surface area contributed by atoms with Crippen LogP contribution in [0.4, 0.5) is 8.78 Å². The molecule has 1 aromatic rings. The van der Waals surface area contributed by atoms with Gasteiger partial charge in [0.25, 0.3) is 0 Å². The number of aliphatic hydroxyl groups is 1. The van der Waals surface area contributed by atoms with Gasteiger partial charge in [-0.3, -0.25) is 0 Å². The highest BCUT2D eigenvalue weighted by Gasteiger charge is 2.13. The van der Waals surface area contributed by atoms with E-state index in [0.717, 1.165) is 6.42 Å². The van der Waals surface area contributed by atoms with Crippen molar-refractivity contribution in [3.63, 3.8) is 0 Å². The zero-order valence-corrected chi connectivity index (χ0v) is 11.1. The van der Waals surface area contributed by atoms with Crippen LogP contribution in [-0.4, -0.2) is 17.8 Å². The van der Waals surface area contributed by atoms with Gasteiger partial charge < -0.3 is 10.4 Å². The smallest absolute Gasteiger partial charge is 0.128 e. The molecule has 0 bridgehead atoms. The van der Waals surface area contributed by atoms with Crippen molar-refractivity contribution in [3.8, 4) is 0 Å². The molecule has 4 heteroatoms. The van der Waals surface area contributed by atoms with E-state index in [-0.39, 0.29) is 23.8 Å². The Kier molecular flexibility index (Phi) is 5.69. The van der Waals surface area contributed by atoms with Crippen LogP contribution in [0.2, 0.25) is 0 Å². The monoisotopic (exact) mass is 257 g/mol. The van der Waals surface area contributed by atoms with Gasteiger partial charge in [-0.05, 0) is 57.9 Å². The lowest BCUT2D eigenvalue weighted by atomic mass is 10.0. The van der Waals surface area contributed by atoms with Gasteiger partial charge in [0, 0.05) is 11.6 Å². The summed E-state index contributed by atoms with van der Waals surface area (Å²) in [5.74, 6) is -0.770. The average Bonchev–Trinajstić information content (AvgIpc) is 2.28. The fourth-order valence-electron chi connectivity index (χ4n) is 1.82. The van der Waals surface area contributed by atoms with Crippen molar-refractivity contribution < 1.29 is 13.9 Å². The van der Waals surface area contributed by atoms with Gasteiger partial charge in [0.15, 0.2) is 0 Å². The first-order valence-electron chi connectivity index (χ1n) is 6.28. The molecule has 0 fully saturated rings. The van der Waals surface area contributed by atoms with Crippen LogP contribution in [0.25, 0.3) is 0 Å². The Bertz CT molecular complexity index is 394. The first-order chi connectivity index (χ1) is 8.41. The summed E-state index contributed by atoms with van der Waals surface area (Å²) in [4.78, 5) is 0. The molecule has 18 heavy (non-hydrogen) atoms. The molecule has 0 spiro atoms. The summed E-state index contributed by atoms with van der Waals surface area (Å²) < 4.78 is 27.1. The summed E-state index contributed by atoms with van der Waals surface area (Å²) in [6.07, 6.45) is 1.18. The summed E-state index contributed by atoms with van der Waals surface area (Å²) in [6, 6.07) is 2.23. The second-order valence-electron chi connectivity index (χ2n) is 4.79. The van der Waals surface area contributed by atoms with Crippen LogP contribution < -0.4 is 5.32 Å². The van der Waals surface area contributed by atoms with Gasteiger partial charge in [-0.1, -0.05) is 0 Å². The molecule has 1 aromatic carbocycles. The number of aryl methyl sites for hydroxylation is 1. The SMILES string of the molecule is Cc1cc(F)c(C(C)NCCCC(C)O)cc1F. The Morgan fingerprint density at radius 2 is 1.89 bits per heavy atom. The van der Waals surface area contributed by atoms with Crippen LogP contribution >= 0.6 is 0 Å². The van der Waals surface area contributed by atoms with Crippen molar-refractivity contribution in [3.05, 3.63) is 34.9 Å². The number of hydrogen-bond acceptors (Lipinski definition) is 2. The Balaban J connectivity index is 2.56. The molecule has 102 valence electrons. The van der Waals surface area contributed by atoms with Crippen LogP contribution in [0.1, 0.15) is 43.9 Å². The number of rotatable bonds is 6. The lowest BCUT2D eigenvalue weighted by Gasteiger charge is -2.16. The summed E-state index contributed by atoms with van der Waals surface area (Å²) in [6.45, 7) is 5.75. The molecule has 2 atom stereocenters. The molecule has 2 N–H and O–H groups in total. The minimum Gasteiger partial charge on any atom is -0.393 e. The summed E-state index contributed by atoms with van der Waals surface area (Å²) in [7, 11) is 0. The normalized spacial score (nSPS) is 14.6. The van der Waals surface area contributed by atoms with Crippen molar-refractivity contribution in [2.45, 2.75) is 45.8 Å². The van der Waals surface area contributed by atoms with Gasteiger partial charge in [0.2, 0.25) is 0 Å². The first-order valence-corrected chi connectivity index (χ1v) is 6.28. The van der Waals surface area contributed by atoms with Crippen molar-refractivity contribution in [1.29, 1.82) is 0 Å². The maximum atomic E-state index is 13.7. The fourth-order valence-corrected chi connectivity index (χ4v) is 1.82. The van der Waals surface area contributed by atoms with Crippen molar-refractivity contribution in [2.24, 2.45) is 0 Å². The van der Waals surface area contributed by atoms with Crippen LogP contribution in [0.5, 0.6) is 0 Å². The molecule has 0 aliphatic heterocycles. The van der Waals surface area contributed by atoms with E-state index in [1.54, 1.807) is 20.8 Å². The minimum atomic E-state index is -0.385. The van der Waals surface area contributed by atoms with E-state index in [9.17, 15) is 8.78 Å². The average molecular weight is 257 g/mol. The Morgan fingerprint density at radius 1 is 1.22 bits per heavy atom. The van der Waals surface area contributed by atoms with E-state index >= 15 is 0 Å². The number of aliphatic hydroxyl groups excluding tert-OH is 1. The highest BCUT2D eigenvalue weighted by Crippen LogP contribution is 2.20. The second kappa shape index (κ2) is 6.81. The molecule has 2 unspecified atom stereocenters. The topological polar surface area (TPSA) is 32.3 Å². The third-order valence-corrected chi connectivity index (χ3v) is 2.99. The lowest BCUT2D eigenvalue weighted by molar-refractivity contribution is 0.181. The molecule has 1 rings (SSSR count). The summed E-state index contributed by atoms with van der Waals surface area (Å²) >= 11 is 0. The Hall–Kier alpha value is -1.00. The number of nitrogens with one attached hydrogen (secondary N) is 1. The van der Waals surface area contributed by atoms with E-state index < -0.39 is 0 Å². The van der Waals surface area contributed by atoms with Gasteiger partial charge in [-0.25, -0.2) is 8.78 Å². The Morgan fingerprint density at radius 3 is 2.50 bits per heavy atom. The van der Waals surface area contributed by atoms with Gasteiger partial charge >= 0.3 is 0 Å². The quantitative estimate of drug-likeness (QED) is 0.768. The van der Waals surface area contributed by atoms with Gasteiger partial charge in [-0.2, -0.15) is 0 Å². The third-order valence-electron chi connectivity index (χ3n) is 2.99. The highest BCUT2D eigenvalue weighted by molar-refractivity contribution is 5.27. The summed E-state index contributed by atoms with van der Waals surface area (Å²) in [5.41, 5.74) is 0.660. The zero-order chi connectivity index (χ0) is 13.7. The lowest BCUT2D eigenvalue weighted by Crippen LogP contribution is -2.22. The third kappa shape index (κ3) is 4.35. The van der Waals surface area contributed by atoms with Crippen LogP contribution in [0, 0.1) is 18.6 Å². The van der Waals surface area contributed by atoms with Gasteiger partial charge in [0.05, 0.1) is 6.10 Å². The van der Waals surface area contributed by atoms with E-state index in [1.165, 1.54) is 12.1 Å². The van der Waals surface area contributed by atoms with E-state index in [1.807, 2.05) is 0 Å². The molecule has 2 nitrogen and oxygen atoms in total. The molecule has 0 saturated heterocycles. The number of benzene rings is 1. The predicted molar refractivity (Wildman–Crippen MR) is 68.4 cm³/mol. The van der Waals surface area contributed by atoms with Crippen molar-refractivity contribution >= 4 is 0 Å². The maximum Gasteiger partial charge on any atom is 0.128 e. The van der Waals surface area contributed by atoms with E-state index in [2.05, 4.69) is 5.32 Å². The van der Waals surface area contributed by atoms with Crippen molar-refractivity contribution in [1.82, 2.24) is 5.32 Å². The van der Waals surface area contributed by atoms with Crippen LogP contribution in [0.3, 0.4) is 0 Å². The molecule has 0 saturated carbocycles. The molecular weight excluding hydrogens is 236 g/mol. The largest absolute Gasteiger partial charge is 0.393 e. The van der Waals surface area contributed by atoms with Crippen LogP contribution in [-0.2, 0) is 0 Å². The standard InChI is InChI=1S/C14H21F2NO/c1-9-7-14(16)12(8-13(9)15)11(3)17-6-4-5-10(2)18/h7-8,10-11,17-18H,4-6H2,1-3H3. The molecular formula is C14H21F2NO. The number of hydrogen-bond donors (Lipinski definition) is 2. The maximum absolute atomic E-state index is 13.7. The second-order valence-corrected chi connectivity index (χ2v) is 4.79. The molecule has 0 heterocycles. The van der Waals surface area contributed by atoms with Gasteiger partial charge in [-0.15, -0.1) is 0 Å². The molecule has 0 aliphatic rings. The van der Waals surface area contributed by atoms with Crippen LogP contribution in [0.15, 0.2) is 12.1 Å². The van der Waals surface area contributed by atoms with E-state index in [0.29, 0.717) is 24.1 Å². The Labute approximate surface area is 107 Å². The molecule has 0 radical (unpaired) electrons. The number of halogens is 2. The zero-order valence-electron chi connectivity index (χ0n) is 11.1. The predicted octanol–water partition coefficient (Wildman–Crippen LogP) is 3.08. The van der Waals surface area contributed by atoms with Crippen molar-refractivity contribution in [2.75, 3.05) is 6.54 Å². The summed E-state index contributed by atoms with van der Waals surface area (Å²) in [5, 5.41) is 12.2. The van der Waals surface area contributed by atoms with E-state index in [4.69, 9.17) is 5.11 Å².